The van der Waals surface area contributed by atoms with Gasteiger partial charge in [0.2, 0.25) is 0 Å². The molecule has 1 aromatic rings. The van der Waals surface area contributed by atoms with E-state index in [9.17, 15) is 0 Å². The van der Waals surface area contributed by atoms with Crippen molar-refractivity contribution in [1.82, 2.24) is 10.2 Å². The molecule has 1 unspecified atom stereocenters. The molecule has 1 fully saturated rings. The fourth-order valence-electron chi connectivity index (χ4n) is 2.88. The third-order valence-corrected chi connectivity index (χ3v) is 4.13. The number of hydrogen-bond acceptors (Lipinski definition) is 3. The summed E-state index contributed by atoms with van der Waals surface area (Å²) >= 11 is 0. The quantitative estimate of drug-likeness (QED) is 0.883. The molecule has 2 rings (SSSR count). The molecule has 1 heterocycles. The minimum Gasteiger partial charge on any atom is -0.496 e. The van der Waals surface area contributed by atoms with Gasteiger partial charge in [-0.2, -0.15) is 0 Å². The number of likely N-dealkylation sites (tertiary alicyclic amines) is 1. The first-order valence-corrected chi connectivity index (χ1v) is 7.36. The number of benzene rings is 1. The highest BCUT2D eigenvalue weighted by Crippen LogP contribution is 2.25. The number of ether oxygens (including phenoxy) is 1. The Kier molecular flexibility index (Phi) is 5.23. The van der Waals surface area contributed by atoms with Gasteiger partial charge in [-0.05, 0) is 45.5 Å². The zero-order chi connectivity index (χ0) is 13.7. The zero-order valence-corrected chi connectivity index (χ0v) is 12.4. The molecule has 3 heteroatoms. The van der Waals surface area contributed by atoms with E-state index in [2.05, 4.69) is 36.2 Å². The third kappa shape index (κ3) is 3.71. The van der Waals surface area contributed by atoms with Crippen molar-refractivity contribution in [2.45, 2.75) is 38.8 Å². The van der Waals surface area contributed by atoms with Crippen LogP contribution in [0.4, 0.5) is 0 Å². The van der Waals surface area contributed by atoms with Crippen molar-refractivity contribution in [3.8, 4) is 5.75 Å². The van der Waals surface area contributed by atoms with E-state index in [1.807, 2.05) is 12.1 Å². The molecule has 1 N–H and O–H groups in total. The molecule has 1 aromatic carbocycles. The lowest BCUT2D eigenvalue weighted by molar-refractivity contribution is 0.200. The van der Waals surface area contributed by atoms with Gasteiger partial charge in [-0.3, -0.25) is 0 Å². The summed E-state index contributed by atoms with van der Waals surface area (Å²) in [6.45, 7) is 8.07. The Morgan fingerprint density at radius 3 is 2.63 bits per heavy atom. The van der Waals surface area contributed by atoms with Crippen LogP contribution < -0.4 is 10.1 Å². The lowest BCUT2D eigenvalue weighted by Gasteiger charge is -2.33. The van der Waals surface area contributed by atoms with Crippen molar-refractivity contribution in [2.75, 3.05) is 26.7 Å². The molecule has 19 heavy (non-hydrogen) atoms. The van der Waals surface area contributed by atoms with Gasteiger partial charge in [0.05, 0.1) is 7.11 Å². The maximum absolute atomic E-state index is 5.44. The summed E-state index contributed by atoms with van der Waals surface area (Å²) in [5, 5.41) is 3.75. The maximum atomic E-state index is 5.44. The fraction of sp³-hybridized carbons (Fsp3) is 0.625. The Balaban J connectivity index is 1.92. The van der Waals surface area contributed by atoms with E-state index in [-0.39, 0.29) is 0 Å². The van der Waals surface area contributed by atoms with Crippen molar-refractivity contribution in [1.29, 1.82) is 0 Å². The molecule has 0 radical (unpaired) electrons. The molecule has 0 aromatic heterocycles. The minimum absolute atomic E-state index is 0.342. The third-order valence-electron chi connectivity index (χ3n) is 4.13. The standard InChI is InChI=1S/C16H26N2O/c1-4-18-11-9-14(10-12-18)17-13(2)15-7-5-6-8-16(15)19-3/h5-8,13-14,17H,4,9-12H2,1-3H3. The Labute approximate surface area is 116 Å². The minimum atomic E-state index is 0.342. The molecule has 0 aliphatic carbocycles. The van der Waals surface area contributed by atoms with Crippen LogP contribution in [0, 0.1) is 0 Å². The summed E-state index contributed by atoms with van der Waals surface area (Å²) in [7, 11) is 1.74. The highest BCUT2D eigenvalue weighted by atomic mass is 16.5. The molecule has 1 aliphatic rings. The lowest BCUT2D eigenvalue weighted by Crippen LogP contribution is -2.43. The predicted octanol–water partition coefficient (Wildman–Crippen LogP) is 2.83. The topological polar surface area (TPSA) is 24.5 Å². The number of methoxy groups -OCH3 is 1. The van der Waals surface area contributed by atoms with Gasteiger partial charge in [-0.15, -0.1) is 0 Å². The van der Waals surface area contributed by atoms with Crippen LogP contribution in [0.1, 0.15) is 38.3 Å². The van der Waals surface area contributed by atoms with Crippen LogP contribution in [0.25, 0.3) is 0 Å². The molecular formula is C16H26N2O. The molecule has 0 saturated carbocycles. The van der Waals surface area contributed by atoms with Crippen LogP contribution in [0.15, 0.2) is 24.3 Å². The van der Waals surface area contributed by atoms with E-state index in [0.717, 1.165) is 5.75 Å². The lowest BCUT2D eigenvalue weighted by atomic mass is 10.0. The van der Waals surface area contributed by atoms with E-state index >= 15 is 0 Å². The number of hydrogen-bond donors (Lipinski definition) is 1. The SMILES string of the molecule is CCN1CCC(NC(C)c2ccccc2OC)CC1. The van der Waals surface area contributed by atoms with Gasteiger partial charge in [-0.1, -0.05) is 25.1 Å². The second kappa shape index (κ2) is 6.92. The Bertz CT molecular complexity index is 386. The second-order valence-electron chi connectivity index (χ2n) is 5.34. The first-order chi connectivity index (χ1) is 9.24. The Hall–Kier alpha value is -1.06. The van der Waals surface area contributed by atoms with Crippen molar-refractivity contribution in [2.24, 2.45) is 0 Å². The number of piperidine rings is 1. The predicted molar refractivity (Wildman–Crippen MR) is 79.7 cm³/mol. The summed E-state index contributed by atoms with van der Waals surface area (Å²) in [5.74, 6) is 0.980. The van der Waals surface area contributed by atoms with Gasteiger partial charge < -0.3 is 15.0 Å². The molecular weight excluding hydrogens is 236 g/mol. The largest absolute Gasteiger partial charge is 0.496 e. The molecule has 106 valence electrons. The molecule has 0 amide bonds. The average Bonchev–Trinajstić information content (AvgIpc) is 2.48. The number of nitrogens with one attached hydrogen (secondary N) is 1. The van der Waals surface area contributed by atoms with E-state index in [1.165, 1.54) is 38.0 Å². The van der Waals surface area contributed by atoms with Gasteiger partial charge in [0.25, 0.3) is 0 Å². The van der Waals surface area contributed by atoms with Crippen LogP contribution in [0.5, 0.6) is 5.75 Å². The molecule has 0 spiro atoms. The summed E-state index contributed by atoms with van der Waals surface area (Å²) in [5.41, 5.74) is 1.25. The van der Waals surface area contributed by atoms with Gasteiger partial charge >= 0.3 is 0 Å². The number of rotatable bonds is 5. The van der Waals surface area contributed by atoms with Gasteiger partial charge in [0.15, 0.2) is 0 Å². The van der Waals surface area contributed by atoms with Gasteiger partial charge in [0.1, 0.15) is 5.75 Å². The van der Waals surface area contributed by atoms with Crippen LogP contribution in [0.3, 0.4) is 0 Å². The van der Waals surface area contributed by atoms with Crippen molar-refractivity contribution < 1.29 is 4.74 Å². The van der Waals surface area contributed by atoms with Crippen LogP contribution in [-0.2, 0) is 0 Å². The van der Waals surface area contributed by atoms with Gasteiger partial charge in [0, 0.05) is 17.6 Å². The van der Waals surface area contributed by atoms with Crippen LogP contribution in [-0.4, -0.2) is 37.7 Å². The maximum Gasteiger partial charge on any atom is 0.123 e. The first kappa shape index (κ1) is 14.4. The molecule has 1 aliphatic heterocycles. The van der Waals surface area contributed by atoms with E-state index in [1.54, 1.807) is 7.11 Å². The van der Waals surface area contributed by atoms with Crippen LogP contribution >= 0.6 is 0 Å². The van der Waals surface area contributed by atoms with Crippen LogP contribution in [0.2, 0.25) is 0 Å². The smallest absolute Gasteiger partial charge is 0.123 e. The first-order valence-electron chi connectivity index (χ1n) is 7.36. The summed E-state index contributed by atoms with van der Waals surface area (Å²) < 4.78 is 5.44. The molecule has 1 saturated heterocycles. The monoisotopic (exact) mass is 262 g/mol. The highest BCUT2D eigenvalue weighted by Gasteiger charge is 2.20. The molecule has 1 atom stereocenters. The van der Waals surface area contributed by atoms with E-state index in [4.69, 9.17) is 4.74 Å². The summed E-state index contributed by atoms with van der Waals surface area (Å²) in [6, 6.07) is 9.26. The van der Waals surface area contributed by atoms with Gasteiger partial charge in [-0.25, -0.2) is 0 Å². The zero-order valence-electron chi connectivity index (χ0n) is 12.4. The summed E-state index contributed by atoms with van der Waals surface area (Å²) in [4.78, 5) is 2.52. The molecule has 0 bridgehead atoms. The van der Waals surface area contributed by atoms with Crippen molar-refractivity contribution in [3.63, 3.8) is 0 Å². The molecule has 3 nitrogen and oxygen atoms in total. The van der Waals surface area contributed by atoms with E-state index < -0.39 is 0 Å². The highest BCUT2D eigenvalue weighted by molar-refractivity contribution is 5.35. The van der Waals surface area contributed by atoms with Crippen molar-refractivity contribution >= 4 is 0 Å². The van der Waals surface area contributed by atoms with Crippen molar-refractivity contribution in [3.05, 3.63) is 29.8 Å². The Morgan fingerprint density at radius 2 is 2.00 bits per heavy atom. The Morgan fingerprint density at radius 1 is 1.32 bits per heavy atom. The second-order valence-corrected chi connectivity index (χ2v) is 5.34. The normalized spacial score (nSPS) is 19.3. The number of para-hydroxylation sites is 1. The fourth-order valence-corrected chi connectivity index (χ4v) is 2.88. The summed E-state index contributed by atoms with van der Waals surface area (Å²) in [6.07, 6.45) is 2.49. The van der Waals surface area contributed by atoms with E-state index in [0.29, 0.717) is 12.1 Å². The number of nitrogens with zero attached hydrogens (tertiary/aromatic N) is 1. The average molecular weight is 262 g/mol.